The van der Waals surface area contributed by atoms with Crippen LogP contribution in [-0.2, 0) is 28.3 Å². The first-order chi connectivity index (χ1) is 18.0. The Morgan fingerprint density at radius 3 is 2.38 bits per heavy atom. The Labute approximate surface area is 229 Å². The summed E-state index contributed by atoms with van der Waals surface area (Å²) in [6.07, 6.45) is 4.73. The van der Waals surface area contributed by atoms with E-state index in [-0.39, 0.29) is 17.9 Å². The Balaban J connectivity index is 1.56. The molecular formula is C31H35ClN2O2S. The molecular weight excluding hydrogens is 500 g/mol. The Morgan fingerprint density at radius 1 is 0.946 bits per heavy atom. The standard InChI is InChI=1S/C31H35ClN2O2S/c1-23-9-7-13-26(17-23)21-37-22-30(35)34(20-25-12-8-14-27(32)18-25)29(19-24-10-3-2-4-11-24)31(36)33-28-15-5-6-16-28/h2-4,7-14,17-18,28-29H,5-6,15-16,19-22H2,1H3,(H,33,36)/t29-/m1/s1. The van der Waals surface area contributed by atoms with Crippen LogP contribution in [0.2, 0.25) is 5.02 Å². The number of hydrogen-bond donors (Lipinski definition) is 1. The number of hydrogen-bond acceptors (Lipinski definition) is 3. The predicted molar refractivity (Wildman–Crippen MR) is 154 cm³/mol. The molecule has 0 bridgehead atoms. The molecule has 1 N–H and O–H groups in total. The van der Waals surface area contributed by atoms with E-state index in [1.807, 2.05) is 60.7 Å². The number of thioether (sulfide) groups is 1. The molecule has 0 aliphatic heterocycles. The van der Waals surface area contributed by atoms with Gasteiger partial charge < -0.3 is 10.2 Å². The summed E-state index contributed by atoms with van der Waals surface area (Å²) in [5, 5.41) is 3.87. The molecule has 1 aliphatic carbocycles. The van der Waals surface area contributed by atoms with Crippen LogP contribution in [0.15, 0.2) is 78.9 Å². The van der Waals surface area contributed by atoms with Gasteiger partial charge in [0.15, 0.2) is 0 Å². The van der Waals surface area contributed by atoms with Crippen molar-refractivity contribution in [2.75, 3.05) is 5.75 Å². The lowest BCUT2D eigenvalue weighted by molar-refractivity contribution is -0.139. The van der Waals surface area contributed by atoms with Crippen LogP contribution >= 0.6 is 23.4 Å². The third-order valence-corrected chi connectivity index (χ3v) is 8.01. The second kappa shape index (κ2) is 13.7. The second-order valence-electron chi connectivity index (χ2n) is 9.83. The summed E-state index contributed by atoms with van der Waals surface area (Å²) in [7, 11) is 0. The summed E-state index contributed by atoms with van der Waals surface area (Å²) >= 11 is 7.86. The smallest absolute Gasteiger partial charge is 0.243 e. The molecule has 37 heavy (non-hydrogen) atoms. The molecule has 3 aromatic rings. The summed E-state index contributed by atoms with van der Waals surface area (Å²) in [6, 6.07) is 25.4. The lowest BCUT2D eigenvalue weighted by Crippen LogP contribution is -2.52. The highest BCUT2D eigenvalue weighted by atomic mass is 35.5. The molecule has 0 heterocycles. The fourth-order valence-electron chi connectivity index (χ4n) is 4.89. The van der Waals surface area contributed by atoms with Crippen molar-refractivity contribution in [2.45, 2.75) is 63.4 Å². The number of amides is 2. The van der Waals surface area contributed by atoms with E-state index in [0.717, 1.165) is 42.6 Å². The average molecular weight is 535 g/mol. The van der Waals surface area contributed by atoms with Crippen LogP contribution in [0, 0.1) is 6.92 Å². The van der Waals surface area contributed by atoms with E-state index in [1.165, 1.54) is 11.1 Å². The maximum atomic E-state index is 13.8. The molecule has 1 saturated carbocycles. The van der Waals surface area contributed by atoms with E-state index in [2.05, 4.69) is 30.4 Å². The number of rotatable bonds is 11. The van der Waals surface area contributed by atoms with Crippen LogP contribution in [0.5, 0.6) is 0 Å². The summed E-state index contributed by atoms with van der Waals surface area (Å²) in [6.45, 7) is 2.41. The van der Waals surface area contributed by atoms with Gasteiger partial charge in [-0.05, 0) is 48.6 Å². The molecule has 4 rings (SSSR count). The number of carbonyl (C=O) groups is 2. The van der Waals surface area contributed by atoms with Gasteiger partial charge >= 0.3 is 0 Å². The minimum absolute atomic E-state index is 0.0415. The second-order valence-corrected chi connectivity index (χ2v) is 11.3. The van der Waals surface area contributed by atoms with E-state index < -0.39 is 6.04 Å². The summed E-state index contributed by atoms with van der Waals surface area (Å²) < 4.78 is 0. The molecule has 0 aromatic heterocycles. The number of halogens is 1. The van der Waals surface area contributed by atoms with E-state index in [0.29, 0.717) is 23.7 Å². The Morgan fingerprint density at radius 2 is 1.65 bits per heavy atom. The Bertz CT molecular complexity index is 1180. The molecule has 1 fully saturated rings. The molecule has 0 spiro atoms. The Kier molecular flexibility index (Phi) is 10.1. The maximum Gasteiger partial charge on any atom is 0.243 e. The monoisotopic (exact) mass is 534 g/mol. The normalized spacial score (nSPS) is 14.3. The van der Waals surface area contributed by atoms with Crippen LogP contribution < -0.4 is 5.32 Å². The zero-order valence-electron chi connectivity index (χ0n) is 21.4. The average Bonchev–Trinajstić information content (AvgIpc) is 3.40. The molecule has 3 aromatic carbocycles. The van der Waals surface area contributed by atoms with Crippen molar-refractivity contribution in [1.29, 1.82) is 0 Å². The largest absolute Gasteiger partial charge is 0.352 e. The van der Waals surface area contributed by atoms with Gasteiger partial charge in [0.2, 0.25) is 11.8 Å². The van der Waals surface area contributed by atoms with Crippen LogP contribution in [0.1, 0.15) is 47.9 Å². The van der Waals surface area contributed by atoms with Crippen molar-refractivity contribution in [3.8, 4) is 0 Å². The van der Waals surface area contributed by atoms with Crippen LogP contribution in [-0.4, -0.2) is 34.6 Å². The lowest BCUT2D eigenvalue weighted by Gasteiger charge is -2.32. The zero-order valence-corrected chi connectivity index (χ0v) is 22.9. The number of benzene rings is 3. The maximum absolute atomic E-state index is 13.8. The van der Waals surface area contributed by atoms with E-state index in [1.54, 1.807) is 16.7 Å². The molecule has 6 heteroatoms. The minimum atomic E-state index is -0.603. The topological polar surface area (TPSA) is 49.4 Å². The Hall–Kier alpha value is -2.76. The minimum Gasteiger partial charge on any atom is -0.352 e. The third-order valence-electron chi connectivity index (χ3n) is 6.79. The van der Waals surface area contributed by atoms with Crippen molar-refractivity contribution < 1.29 is 9.59 Å². The predicted octanol–water partition coefficient (Wildman–Crippen LogP) is 6.58. The number of nitrogens with zero attached hydrogens (tertiary/aromatic N) is 1. The van der Waals surface area contributed by atoms with Gasteiger partial charge in [0.1, 0.15) is 6.04 Å². The molecule has 1 aliphatic rings. The highest BCUT2D eigenvalue weighted by Crippen LogP contribution is 2.22. The molecule has 0 radical (unpaired) electrons. The van der Waals surface area contributed by atoms with Crippen molar-refractivity contribution in [3.63, 3.8) is 0 Å². The van der Waals surface area contributed by atoms with Gasteiger partial charge in [-0.2, -0.15) is 0 Å². The summed E-state index contributed by atoms with van der Waals surface area (Å²) in [4.78, 5) is 29.2. The van der Waals surface area contributed by atoms with Crippen LogP contribution in [0.4, 0.5) is 0 Å². The van der Waals surface area contributed by atoms with Gasteiger partial charge in [-0.1, -0.05) is 96.7 Å². The molecule has 0 unspecified atom stereocenters. The first-order valence-corrected chi connectivity index (χ1v) is 14.5. The summed E-state index contributed by atoms with van der Waals surface area (Å²) in [5.74, 6) is 0.932. The van der Waals surface area contributed by atoms with Crippen molar-refractivity contribution in [3.05, 3.63) is 106 Å². The van der Waals surface area contributed by atoms with E-state index in [4.69, 9.17) is 11.6 Å². The van der Waals surface area contributed by atoms with Gasteiger partial charge in [0.05, 0.1) is 5.75 Å². The number of nitrogens with one attached hydrogen (secondary N) is 1. The molecule has 1 atom stereocenters. The van der Waals surface area contributed by atoms with Gasteiger partial charge in [0.25, 0.3) is 0 Å². The van der Waals surface area contributed by atoms with Gasteiger partial charge in [-0.25, -0.2) is 0 Å². The van der Waals surface area contributed by atoms with Crippen molar-refractivity contribution >= 4 is 35.2 Å². The number of carbonyl (C=O) groups excluding carboxylic acids is 2. The lowest BCUT2D eigenvalue weighted by atomic mass is 10.0. The molecule has 4 nitrogen and oxygen atoms in total. The van der Waals surface area contributed by atoms with Crippen LogP contribution in [0.25, 0.3) is 0 Å². The van der Waals surface area contributed by atoms with E-state index in [9.17, 15) is 9.59 Å². The fraction of sp³-hybridized carbons (Fsp3) is 0.355. The quantitative estimate of drug-likeness (QED) is 0.302. The molecule has 0 saturated heterocycles. The third kappa shape index (κ3) is 8.37. The van der Waals surface area contributed by atoms with Crippen molar-refractivity contribution in [2.24, 2.45) is 0 Å². The van der Waals surface area contributed by atoms with Gasteiger partial charge in [-0.15, -0.1) is 11.8 Å². The first-order valence-electron chi connectivity index (χ1n) is 13.0. The van der Waals surface area contributed by atoms with Crippen LogP contribution in [0.3, 0.4) is 0 Å². The molecule has 194 valence electrons. The SMILES string of the molecule is Cc1cccc(CSCC(=O)N(Cc2cccc(Cl)c2)[C@H](Cc2ccccc2)C(=O)NC2CCCC2)c1. The molecule has 2 amide bonds. The highest BCUT2D eigenvalue weighted by Gasteiger charge is 2.32. The summed E-state index contributed by atoms with van der Waals surface area (Å²) in [5.41, 5.74) is 4.35. The fourth-order valence-corrected chi connectivity index (χ4v) is 5.97. The van der Waals surface area contributed by atoms with Gasteiger partial charge in [0, 0.05) is 29.8 Å². The van der Waals surface area contributed by atoms with Gasteiger partial charge in [-0.3, -0.25) is 9.59 Å². The number of aryl methyl sites for hydroxylation is 1. The van der Waals surface area contributed by atoms with Crippen molar-refractivity contribution in [1.82, 2.24) is 10.2 Å². The zero-order chi connectivity index (χ0) is 26.0. The van der Waals surface area contributed by atoms with E-state index >= 15 is 0 Å². The highest BCUT2D eigenvalue weighted by molar-refractivity contribution is 7.99. The first kappa shape index (κ1) is 27.3.